The number of hydrogen-bond acceptors (Lipinski definition) is 8. The lowest BCUT2D eigenvalue weighted by Crippen LogP contribution is -2.58. The first-order valence-corrected chi connectivity index (χ1v) is 13.0. The van der Waals surface area contributed by atoms with Crippen molar-refractivity contribution in [1.29, 1.82) is 0 Å². The molecule has 40 heavy (non-hydrogen) atoms. The van der Waals surface area contributed by atoms with Crippen LogP contribution in [0.3, 0.4) is 0 Å². The van der Waals surface area contributed by atoms with Crippen LogP contribution in [0.5, 0.6) is 0 Å². The molecule has 0 aliphatic rings. The van der Waals surface area contributed by atoms with E-state index in [1.54, 1.807) is 6.20 Å². The van der Waals surface area contributed by atoms with Gasteiger partial charge in [-0.15, -0.1) is 0 Å². The smallest absolute Gasteiger partial charge is 0.328 e. The lowest BCUT2D eigenvalue weighted by Gasteiger charge is -2.26. The summed E-state index contributed by atoms with van der Waals surface area (Å²) in [4.78, 5) is 64.7. The molecule has 1 heterocycles. The number of benzene rings is 1. The van der Waals surface area contributed by atoms with Crippen LogP contribution < -0.4 is 27.4 Å². The van der Waals surface area contributed by atoms with Gasteiger partial charge in [0.25, 0.3) is 0 Å². The molecule has 0 bridgehead atoms. The molecule has 0 saturated heterocycles. The monoisotopic (exact) mass is 562 g/mol. The molecule has 0 radical (unpaired) electrons. The summed E-state index contributed by atoms with van der Waals surface area (Å²) in [6, 6.07) is 2.12. The normalized spacial score (nSPS) is 14.9. The Hall–Kier alpha value is -4.01. The van der Waals surface area contributed by atoms with Crippen molar-refractivity contribution in [1.82, 2.24) is 20.9 Å². The Labute approximate surface area is 230 Å². The third-order valence-corrected chi connectivity index (χ3v) is 6.36. The van der Waals surface area contributed by atoms with E-state index in [0.717, 1.165) is 10.9 Å². The number of carboxylic acids is 2. The van der Waals surface area contributed by atoms with E-state index in [1.165, 1.54) is 6.92 Å². The lowest BCUT2D eigenvalue weighted by molar-refractivity contribution is -0.145. The maximum absolute atomic E-state index is 13.5. The maximum atomic E-state index is 13.5. The minimum absolute atomic E-state index is 0.00972. The fraction of sp³-hybridized carbons (Fsp3) is 0.500. The lowest BCUT2D eigenvalue weighted by atomic mass is 10.0. The van der Waals surface area contributed by atoms with Crippen molar-refractivity contribution < 1.29 is 39.3 Å². The zero-order valence-corrected chi connectivity index (χ0v) is 22.3. The molecule has 14 heteroatoms. The SMILES string of the molecule is CC(O)C(NC(=O)C(CCCCN)NC(=O)C(Cc1c[nH]c2ccccc12)NC(=O)C(N)CCC(=O)O)C(=O)O. The van der Waals surface area contributed by atoms with E-state index in [2.05, 4.69) is 20.9 Å². The highest BCUT2D eigenvalue weighted by Crippen LogP contribution is 2.19. The average Bonchev–Trinajstić information content (AvgIpc) is 3.31. The standard InChI is InChI=1S/C26H38N6O8/c1-14(33)22(26(39)40)32-24(37)19(8-4-5-11-27)30-25(38)20(31-23(36)17(28)9-10-21(34)35)12-15-13-29-18-7-3-2-6-16(15)18/h2-3,6-7,13-14,17,19-20,22,29,33H,4-5,8-12,27-28H2,1H3,(H,30,38)(H,31,36)(H,32,37)(H,34,35)(H,39,40). The summed E-state index contributed by atoms with van der Waals surface area (Å²) in [6.07, 6.45) is 0.888. The van der Waals surface area contributed by atoms with Gasteiger partial charge < -0.3 is 47.7 Å². The van der Waals surface area contributed by atoms with Crippen LogP contribution in [0, 0.1) is 0 Å². The number of rotatable bonds is 17. The Morgan fingerprint density at radius 1 is 0.925 bits per heavy atom. The van der Waals surface area contributed by atoms with E-state index in [-0.39, 0.29) is 25.7 Å². The molecular weight excluding hydrogens is 524 g/mol. The van der Waals surface area contributed by atoms with E-state index in [4.69, 9.17) is 16.6 Å². The number of carbonyl (C=O) groups excluding carboxylic acids is 3. The summed E-state index contributed by atoms with van der Waals surface area (Å²) in [7, 11) is 0. The summed E-state index contributed by atoms with van der Waals surface area (Å²) in [5, 5.41) is 36.2. The number of carbonyl (C=O) groups is 5. The molecule has 0 saturated carbocycles. The molecular formula is C26H38N6O8. The minimum atomic E-state index is -1.60. The van der Waals surface area contributed by atoms with Gasteiger partial charge in [-0.2, -0.15) is 0 Å². The number of unbranched alkanes of at least 4 members (excludes halogenated alkanes) is 1. The van der Waals surface area contributed by atoms with Crippen molar-refractivity contribution >= 4 is 40.6 Å². The first kappa shape index (κ1) is 32.2. The largest absolute Gasteiger partial charge is 0.481 e. The van der Waals surface area contributed by atoms with E-state index in [0.29, 0.717) is 24.9 Å². The molecule has 5 unspecified atom stereocenters. The van der Waals surface area contributed by atoms with Gasteiger partial charge in [-0.3, -0.25) is 19.2 Å². The van der Waals surface area contributed by atoms with Crippen molar-refractivity contribution in [3.63, 3.8) is 0 Å². The van der Waals surface area contributed by atoms with Crippen LogP contribution >= 0.6 is 0 Å². The fourth-order valence-electron chi connectivity index (χ4n) is 4.09. The van der Waals surface area contributed by atoms with Gasteiger partial charge in [0.2, 0.25) is 17.7 Å². The summed E-state index contributed by atoms with van der Waals surface area (Å²) < 4.78 is 0. The molecule has 0 aliphatic carbocycles. The van der Waals surface area contributed by atoms with Gasteiger partial charge in [-0.1, -0.05) is 18.2 Å². The molecule has 2 aromatic rings. The number of hydrogen-bond donors (Lipinski definition) is 9. The van der Waals surface area contributed by atoms with E-state index in [9.17, 15) is 34.2 Å². The highest BCUT2D eigenvalue weighted by Gasteiger charge is 2.32. The molecule has 220 valence electrons. The number of nitrogens with two attached hydrogens (primary N) is 2. The molecule has 1 aromatic heterocycles. The van der Waals surface area contributed by atoms with E-state index >= 15 is 0 Å². The Bertz CT molecular complexity index is 1180. The Morgan fingerprint density at radius 3 is 2.20 bits per heavy atom. The summed E-state index contributed by atoms with van der Waals surface area (Å²) in [5.41, 5.74) is 12.9. The van der Waals surface area contributed by atoms with Crippen LogP contribution in [0.4, 0.5) is 0 Å². The van der Waals surface area contributed by atoms with Crippen LogP contribution in [-0.2, 0) is 30.4 Å². The highest BCUT2D eigenvalue weighted by atomic mass is 16.4. The second kappa shape index (κ2) is 15.5. The second-order valence-corrected chi connectivity index (χ2v) is 9.57. The van der Waals surface area contributed by atoms with Crippen LogP contribution in [0.15, 0.2) is 30.5 Å². The highest BCUT2D eigenvalue weighted by molar-refractivity contribution is 5.95. The predicted octanol–water partition coefficient (Wildman–Crippen LogP) is -1.05. The molecule has 1 aromatic carbocycles. The average molecular weight is 563 g/mol. The summed E-state index contributed by atoms with van der Waals surface area (Å²) >= 11 is 0. The van der Waals surface area contributed by atoms with Gasteiger partial charge in [0, 0.05) is 29.9 Å². The van der Waals surface area contributed by atoms with Crippen molar-refractivity contribution in [3.8, 4) is 0 Å². The summed E-state index contributed by atoms with van der Waals surface area (Å²) in [5.74, 6) is -4.88. The van der Waals surface area contributed by atoms with Crippen molar-refractivity contribution in [2.75, 3.05) is 6.54 Å². The van der Waals surface area contributed by atoms with Crippen molar-refractivity contribution in [2.45, 2.75) is 75.7 Å². The number of H-pyrrole nitrogens is 1. The molecule has 0 fully saturated rings. The third kappa shape index (κ3) is 9.63. The molecule has 3 amide bonds. The molecule has 11 N–H and O–H groups in total. The first-order chi connectivity index (χ1) is 18.9. The zero-order chi connectivity index (χ0) is 29.8. The number of aromatic amines is 1. The fourth-order valence-corrected chi connectivity index (χ4v) is 4.09. The zero-order valence-electron chi connectivity index (χ0n) is 22.3. The van der Waals surface area contributed by atoms with Crippen molar-refractivity contribution in [2.24, 2.45) is 11.5 Å². The molecule has 5 atom stereocenters. The van der Waals surface area contributed by atoms with Crippen molar-refractivity contribution in [3.05, 3.63) is 36.0 Å². The molecule has 2 rings (SSSR count). The van der Waals surface area contributed by atoms with Gasteiger partial charge in [0.15, 0.2) is 6.04 Å². The quantitative estimate of drug-likeness (QED) is 0.106. The third-order valence-electron chi connectivity index (χ3n) is 6.36. The van der Waals surface area contributed by atoms with Gasteiger partial charge in [0.1, 0.15) is 12.1 Å². The van der Waals surface area contributed by atoms with E-state index in [1.807, 2.05) is 24.3 Å². The van der Waals surface area contributed by atoms with Crippen LogP contribution in [0.25, 0.3) is 10.9 Å². The number of aliphatic carboxylic acids is 2. The molecule has 14 nitrogen and oxygen atoms in total. The number of aliphatic hydroxyl groups is 1. The van der Waals surface area contributed by atoms with Gasteiger partial charge >= 0.3 is 11.9 Å². The molecule has 0 aliphatic heterocycles. The van der Waals surface area contributed by atoms with Gasteiger partial charge in [-0.05, 0) is 50.8 Å². The Kier molecular flexibility index (Phi) is 12.5. The van der Waals surface area contributed by atoms with Crippen LogP contribution in [0.1, 0.15) is 44.6 Å². The van der Waals surface area contributed by atoms with Gasteiger partial charge in [-0.25, -0.2) is 4.79 Å². The number of nitrogens with one attached hydrogen (secondary N) is 4. The number of fused-ring (bicyclic) bond motifs is 1. The number of amides is 3. The maximum Gasteiger partial charge on any atom is 0.328 e. The predicted molar refractivity (Wildman–Crippen MR) is 145 cm³/mol. The molecule has 0 spiro atoms. The summed E-state index contributed by atoms with van der Waals surface area (Å²) in [6.45, 7) is 1.54. The van der Waals surface area contributed by atoms with Gasteiger partial charge in [0.05, 0.1) is 12.1 Å². The number of para-hydroxylation sites is 1. The minimum Gasteiger partial charge on any atom is -0.481 e. The van der Waals surface area contributed by atoms with Crippen LogP contribution in [-0.4, -0.2) is 86.8 Å². The second-order valence-electron chi connectivity index (χ2n) is 9.57. The van der Waals surface area contributed by atoms with Crippen LogP contribution in [0.2, 0.25) is 0 Å². The Morgan fingerprint density at radius 2 is 1.57 bits per heavy atom. The van der Waals surface area contributed by atoms with E-state index < -0.39 is 59.9 Å². The number of carboxylic acid groups (broad SMARTS) is 2. The topological polar surface area (TPSA) is 250 Å². The Balaban J connectivity index is 2.30. The first-order valence-electron chi connectivity index (χ1n) is 13.0. The number of aromatic nitrogens is 1. The number of aliphatic hydroxyl groups excluding tert-OH is 1.